The zero-order valence-electron chi connectivity index (χ0n) is 12.9. The fraction of sp³-hybridized carbons (Fsp3) is 0.667. The third kappa shape index (κ3) is 6.62. The van der Waals surface area contributed by atoms with Crippen LogP contribution in [0.3, 0.4) is 0 Å². The van der Waals surface area contributed by atoms with Gasteiger partial charge in [0.05, 0.1) is 5.76 Å². The van der Waals surface area contributed by atoms with Gasteiger partial charge in [-0.25, -0.2) is 0 Å². The third-order valence-electron chi connectivity index (χ3n) is 3.59. The normalized spacial score (nSPS) is 14.5. The second-order valence-electron chi connectivity index (χ2n) is 4.72. The van der Waals surface area contributed by atoms with Crippen LogP contribution in [0.2, 0.25) is 18.1 Å². The Bertz CT molecular complexity index is 298. The number of hydrogen-bond donors (Lipinski definition) is 0. The second kappa shape index (κ2) is 9.84. The van der Waals surface area contributed by atoms with Gasteiger partial charge in [-0.2, -0.15) is 0 Å². The summed E-state index contributed by atoms with van der Waals surface area (Å²) in [5.41, 5.74) is 0. The van der Waals surface area contributed by atoms with Crippen LogP contribution in [0.1, 0.15) is 41.0 Å². The first-order valence-corrected chi connectivity index (χ1v) is 9.71. The third-order valence-corrected chi connectivity index (χ3v) is 8.12. The molecule has 0 aromatic rings. The summed E-state index contributed by atoms with van der Waals surface area (Å²) in [6, 6.07) is 3.40. The first-order chi connectivity index (χ1) is 9.07. The highest BCUT2D eigenvalue weighted by molar-refractivity contribution is 6.73. The van der Waals surface area contributed by atoms with Gasteiger partial charge in [0.1, 0.15) is 6.10 Å². The lowest BCUT2D eigenvalue weighted by atomic mass is 10.2. The highest BCUT2D eigenvalue weighted by Gasteiger charge is 2.30. The molecule has 0 heterocycles. The minimum absolute atomic E-state index is 0.0858. The van der Waals surface area contributed by atoms with E-state index in [4.69, 9.17) is 9.16 Å². The Labute approximate surface area is 118 Å². The molecule has 0 aromatic carbocycles. The average molecular weight is 284 g/mol. The predicted octanol–water partition coefficient (Wildman–Crippen LogP) is 4.42. The molecule has 0 bridgehead atoms. The Balaban J connectivity index is 4.51. The number of rotatable bonds is 10. The largest absolute Gasteiger partial charge is 0.544 e. The summed E-state index contributed by atoms with van der Waals surface area (Å²) in [5, 5.41) is 0. The van der Waals surface area contributed by atoms with E-state index in [1.54, 1.807) is 0 Å². The van der Waals surface area contributed by atoms with Crippen LogP contribution in [0.15, 0.2) is 24.0 Å². The SMILES string of the molecule is C/C=C(\C=C\C[C@H](C)OC=O)O[Si](CC)(CC)CC. The standard InChI is InChI=1S/C15H28O3Si/c1-6-15(12-10-11-14(5)17-13-16)18-19(7-2,8-3)9-4/h6,10,12-14H,7-9,11H2,1-5H3/b12-10+,15-6+/t14-/m0/s1. The van der Waals surface area contributed by atoms with Gasteiger partial charge in [0.15, 0.2) is 0 Å². The molecule has 0 aromatic heterocycles. The fourth-order valence-electron chi connectivity index (χ4n) is 1.93. The Kier molecular flexibility index (Phi) is 9.30. The van der Waals surface area contributed by atoms with Gasteiger partial charge in [0, 0.05) is 6.42 Å². The number of allylic oxidation sites excluding steroid dienone is 2. The van der Waals surface area contributed by atoms with E-state index in [0.717, 1.165) is 23.9 Å². The van der Waals surface area contributed by atoms with E-state index in [0.29, 0.717) is 12.9 Å². The molecule has 0 aliphatic heterocycles. The summed E-state index contributed by atoms with van der Waals surface area (Å²) < 4.78 is 11.1. The summed E-state index contributed by atoms with van der Waals surface area (Å²) in [5.74, 6) is 0.940. The van der Waals surface area contributed by atoms with E-state index >= 15 is 0 Å². The van der Waals surface area contributed by atoms with Crippen molar-refractivity contribution in [2.75, 3.05) is 0 Å². The van der Waals surface area contributed by atoms with Crippen molar-refractivity contribution in [3.63, 3.8) is 0 Å². The fourth-order valence-corrected chi connectivity index (χ4v) is 4.55. The highest BCUT2D eigenvalue weighted by atomic mass is 28.4. The maximum absolute atomic E-state index is 10.2. The van der Waals surface area contributed by atoms with E-state index in [1.165, 1.54) is 0 Å². The summed E-state index contributed by atoms with van der Waals surface area (Å²) in [7, 11) is -1.60. The summed E-state index contributed by atoms with van der Waals surface area (Å²) in [4.78, 5) is 10.2. The molecule has 1 atom stereocenters. The molecule has 19 heavy (non-hydrogen) atoms. The molecule has 0 N–H and O–H groups in total. The Morgan fingerprint density at radius 1 is 1.21 bits per heavy atom. The van der Waals surface area contributed by atoms with Crippen molar-refractivity contribution in [3.05, 3.63) is 24.0 Å². The highest BCUT2D eigenvalue weighted by Crippen LogP contribution is 2.25. The van der Waals surface area contributed by atoms with Gasteiger partial charge in [-0.1, -0.05) is 26.8 Å². The molecular weight excluding hydrogens is 256 g/mol. The zero-order chi connectivity index (χ0) is 14.7. The Morgan fingerprint density at radius 3 is 2.21 bits per heavy atom. The summed E-state index contributed by atoms with van der Waals surface area (Å²) in [6.07, 6.45) is 6.62. The molecule has 110 valence electrons. The molecular formula is C15H28O3Si. The minimum atomic E-state index is -1.60. The topological polar surface area (TPSA) is 35.5 Å². The quantitative estimate of drug-likeness (QED) is 0.258. The number of carbonyl (C=O) groups is 1. The van der Waals surface area contributed by atoms with E-state index < -0.39 is 8.32 Å². The van der Waals surface area contributed by atoms with Crippen molar-refractivity contribution >= 4 is 14.8 Å². The van der Waals surface area contributed by atoms with Crippen LogP contribution in [-0.2, 0) is 14.0 Å². The van der Waals surface area contributed by atoms with Crippen LogP contribution in [0.4, 0.5) is 0 Å². The maximum atomic E-state index is 10.2. The summed E-state index contributed by atoms with van der Waals surface area (Å²) >= 11 is 0. The lowest BCUT2D eigenvalue weighted by molar-refractivity contribution is -0.132. The van der Waals surface area contributed by atoms with Gasteiger partial charge in [0.25, 0.3) is 6.47 Å². The minimum Gasteiger partial charge on any atom is -0.544 e. The van der Waals surface area contributed by atoms with Gasteiger partial charge < -0.3 is 9.16 Å². The van der Waals surface area contributed by atoms with Crippen LogP contribution < -0.4 is 0 Å². The van der Waals surface area contributed by atoms with E-state index in [-0.39, 0.29) is 6.10 Å². The molecule has 0 spiro atoms. The summed E-state index contributed by atoms with van der Waals surface area (Å²) in [6.45, 7) is 11.0. The smallest absolute Gasteiger partial charge is 0.293 e. The van der Waals surface area contributed by atoms with Crippen molar-refractivity contribution in [3.8, 4) is 0 Å². The number of ether oxygens (including phenoxy) is 1. The van der Waals surface area contributed by atoms with Crippen molar-refractivity contribution in [2.24, 2.45) is 0 Å². The monoisotopic (exact) mass is 284 g/mol. The molecule has 0 amide bonds. The van der Waals surface area contributed by atoms with Crippen LogP contribution in [0.5, 0.6) is 0 Å². The molecule has 0 unspecified atom stereocenters. The van der Waals surface area contributed by atoms with Crippen molar-refractivity contribution in [1.29, 1.82) is 0 Å². The van der Waals surface area contributed by atoms with Gasteiger partial charge in [-0.15, -0.1) is 0 Å². The van der Waals surface area contributed by atoms with Crippen molar-refractivity contribution in [1.82, 2.24) is 0 Å². The maximum Gasteiger partial charge on any atom is 0.293 e. The van der Waals surface area contributed by atoms with Gasteiger partial charge in [-0.05, 0) is 44.1 Å². The molecule has 0 aliphatic rings. The van der Waals surface area contributed by atoms with Gasteiger partial charge >= 0.3 is 0 Å². The van der Waals surface area contributed by atoms with Gasteiger partial charge in [-0.3, -0.25) is 4.79 Å². The molecule has 3 nitrogen and oxygen atoms in total. The molecule has 0 rings (SSSR count). The number of hydrogen-bond acceptors (Lipinski definition) is 3. The average Bonchev–Trinajstić information content (AvgIpc) is 2.43. The second-order valence-corrected chi connectivity index (χ2v) is 9.41. The zero-order valence-corrected chi connectivity index (χ0v) is 13.9. The molecule has 0 radical (unpaired) electrons. The first kappa shape index (κ1) is 18.0. The van der Waals surface area contributed by atoms with E-state index in [2.05, 4.69) is 20.8 Å². The molecule has 0 aliphatic carbocycles. The molecule has 0 saturated heterocycles. The Morgan fingerprint density at radius 2 is 1.79 bits per heavy atom. The lowest BCUT2D eigenvalue weighted by Gasteiger charge is -2.29. The van der Waals surface area contributed by atoms with Gasteiger partial charge in [0.2, 0.25) is 8.32 Å². The van der Waals surface area contributed by atoms with E-state index in [1.807, 2.05) is 32.1 Å². The lowest BCUT2D eigenvalue weighted by Crippen LogP contribution is -2.35. The van der Waals surface area contributed by atoms with E-state index in [9.17, 15) is 4.79 Å². The first-order valence-electron chi connectivity index (χ1n) is 7.18. The van der Waals surface area contributed by atoms with Crippen LogP contribution in [-0.4, -0.2) is 20.9 Å². The molecule has 4 heteroatoms. The molecule has 0 saturated carbocycles. The van der Waals surface area contributed by atoms with Crippen LogP contribution in [0, 0.1) is 0 Å². The van der Waals surface area contributed by atoms with Crippen LogP contribution in [0.25, 0.3) is 0 Å². The molecule has 0 fully saturated rings. The number of carbonyl (C=O) groups excluding carboxylic acids is 1. The van der Waals surface area contributed by atoms with Crippen molar-refractivity contribution in [2.45, 2.75) is 65.3 Å². The Hall–Kier alpha value is -1.03. The predicted molar refractivity (Wildman–Crippen MR) is 82.4 cm³/mol. The van der Waals surface area contributed by atoms with Crippen molar-refractivity contribution < 1.29 is 14.0 Å². The van der Waals surface area contributed by atoms with Crippen LogP contribution >= 0.6 is 0 Å².